The van der Waals surface area contributed by atoms with E-state index in [4.69, 9.17) is 12.2 Å². The lowest BCUT2D eigenvalue weighted by molar-refractivity contribution is -0.122. The largest absolute Gasteiger partial charge is 0.368 e. The third-order valence-electron chi connectivity index (χ3n) is 8.24. The van der Waals surface area contributed by atoms with Crippen LogP contribution in [-0.2, 0) is 11.3 Å². The fraction of sp³-hybridized carbons (Fsp3) is 0.515. The third-order valence-corrected chi connectivity index (χ3v) is 9.61. The molecule has 43 heavy (non-hydrogen) atoms. The van der Waals surface area contributed by atoms with Crippen LogP contribution in [0.25, 0.3) is 6.08 Å². The van der Waals surface area contributed by atoms with Crippen molar-refractivity contribution < 1.29 is 9.18 Å². The SMILES string of the molecule is CCCCCCCCN1C(=O)C(=Cc2c(C)c(C#N)c(=O)n(CCCC)c2N2CCN(c3ccc(F)cc3)CC2)SC1=S. The van der Waals surface area contributed by atoms with E-state index in [2.05, 4.69) is 29.7 Å². The zero-order chi connectivity index (χ0) is 30.9. The zero-order valence-electron chi connectivity index (χ0n) is 25.5. The number of pyridine rings is 1. The number of rotatable bonds is 13. The van der Waals surface area contributed by atoms with Crippen LogP contribution < -0.4 is 15.4 Å². The molecule has 230 valence electrons. The number of hydrogen-bond acceptors (Lipinski definition) is 7. The summed E-state index contributed by atoms with van der Waals surface area (Å²) in [5, 5.41) is 9.99. The molecule has 4 rings (SSSR count). The van der Waals surface area contributed by atoms with Gasteiger partial charge in [-0.1, -0.05) is 76.4 Å². The van der Waals surface area contributed by atoms with Crippen LogP contribution >= 0.6 is 24.0 Å². The molecule has 1 aromatic carbocycles. The van der Waals surface area contributed by atoms with Crippen molar-refractivity contribution in [3.05, 3.63) is 62.0 Å². The van der Waals surface area contributed by atoms with Gasteiger partial charge in [0.15, 0.2) is 0 Å². The summed E-state index contributed by atoms with van der Waals surface area (Å²) in [6.07, 6.45) is 10.3. The molecular formula is C33H42FN5O2S2. The predicted octanol–water partition coefficient (Wildman–Crippen LogP) is 6.86. The zero-order valence-corrected chi connectivity index (χ0v) is 27.2. The van der Waals surface area contributed by atoms with E-state index in [-0.39, 0.29) is 22.8 Å². The molecule has 2 aliphatic heterocycles. The number of thioether (sulfide) groups is 1. The molecule has 0 aliphatic carbocycles. The van der Waals surface area contributed by atoms with Crippen molar-refractivity contribution in [3.8, 4) is 6.07 Å². The summed E-state index contributed by atoms with van der Waals surface area (Å²) in [7, 11) is 0. The number of halogens is 1. The van der Waals surface area contributed by atoms with E-state index in [1.165, 1.54) is 43.2 Å². The number of nitriles is 1. The predicted molar refractivity (Wildman–Crippen MR) is 179 cm³/mol. The maximum Gasteiger partial charge on any atom is 0.270 e. The number of thiocarbonyl (C=S) groups is 1. The molecule has 1 aromatic heterocycles. The summed E-state index contributed by atoms with van der Waals surface area (Å²) in [4.78, 5) is 33.8. The van der Waals surface area contributed by atoms with Crippen LogP contribution in [0.4, 0.5) is 15.9 Å². The first-order valence-corrected chi connectivity index (χ1v) is 16.7. The quantitative estimate of drug-likeness (QED) is 0.137. The summed E-state index contributed by atoms with van der Waals surface area (Å²) in [6.45, 7) is 9.79. The topological polar surface area (TPSA) is 72.6 Å². The summed E-state index contributed by atoms with van der Waals surface area (Å²) in [6, 6.07) is 8.64. The summed E-state index contributed by atoms with van der Waals surface area (Å²) < 4.78 is 15.8. The van der Waals surface area contributed by atoms with Crippen LogP contribution in [0, 0.1) is 24.1 Å². The average molecular weight is 624 g/mol. The van der Waals surface area contributed by atoms with E-state index in [9.17, 15) is 19.2 Å². The third kappa shape index (κ3) is 7.68. The Balaban J connectivity index is 1.66. The lowest BCUT2D eigenvalue weighted by atomic mass is 10.0. The van der Waals surface area contributed by atoms with Gasteiger partial charge in [-0.3, -0.25) is 19.1 Å². The van der Waals surface area contributed by atoms with Crippen molar-refractivity contribution in [2.45, 2.75) is 78.7 Å². The monoisotopic (exact) mass is 623 g/mol. The van der Waals surface area contributed by atoms with Crippen LogP contribution in [0.2, 0.25) is 0 Å². The van der Waals surface area contributed by atoms with E-state index in [0.29, 0.717) is 54.1 Å². The number of benzene rings is 1. The highest BCUT2D eigenvalue weighted by Gasteiger charge is 2.33. The fourth-order valence-electron chi connectivity index (χ4n) is 5.71. The van der Waals surface area contributed by atoms with Gasteiger partial charge >= 0.3 is 0 Å². The molecule has 0 bridgehead atoms. The second kappa shape index (κ2) is 15.5. The number of piperazine rings is 1. The number of amides is 1. The number of carbonyl (C=O) groups is 1. The van der Waals surface area contributed by atoms with Crippen molar-refractivity contribution >= 4 is 51.8 Å². The van der Waals surface area contributed by atoms with Gasteiger partial charge in [-0.15, -0.1) is 0 Å². The highest BCUT2D eigenvalue weighted by molar-refractivity contribution is 8.26. The molecule has 2 aromatic rings. The molecule has 0 spiro atoms. The Labute approximate surface area is 264 Å². The Morgan fingerprint density at radius 1 is 0.930 bits per heavy atom. The first-order valence-electron chi connectivity index (χ1n) is 15.5. The van der Waals surface area contributed by atoms with E-state index < -0.39 is 0 Å². The summed E-state index contributed by atoms with van der Waals surface area (Å²) in [5.74, 6) is 0.368. The van der Waals surface area contributed by atoms with Crippen molar-refractivity contribution in [2.24, 2.45) is 0 Å². The molecule has 2 fully saturated rings. The van der Waals surface area contributed by atoms with Gasteiger partial charge in [-0.25, -0.2) is 4.39 Å². The fourth-order valence-corrected chi connectivity index (χ4v) is 7.00. The van der Waals surface area contributed by atoms with Crippen LogP contribution in [0.15, 0.2) is 34.0 Å². The van der Waals surface area contributed by atoms with Crippen molar-refractivity contribution in [1.82, 2.24) is 9.47 Å². The molecule has 0 unspecified atom stereocenters. The summed E-state index contributed by atoms with van der Waals surface area (Å²) in [5.41, 5.74) is 2.07. The van der Waals surface area contributed by atoms with E-state index in [1.807, 2.05) is 6.08 Å². The lowest BCUT2D eigenvalue weighted by Crippen LogP contribution is -2.48. The van der Waals surface area contributed by atoms with Gasteiger partial charge in [-0.05, 0) is 55.7 Å². The summed E-state index contributed by atoms with van der Waals surface area (Å²) >= 11 is 6.92. The van der Waals surface area contributed by atoms with Crippen LogP contribution in [0.3, 0.4) is 0 Å². The smallest absolute Gasteiger partial charge is 0.270 e. The standard InChI is InChI=1S/C33H42FN5O2S2/c1-4-6-8-9-10-11-17-39-32(41)29(43-33(39)42)22-27-24(3)28(23-35)31(40)38(16-7-5-2)30(27)37-20-18-36(19-21-37)26-14-12-25(34)13-15-26/h12-15,22H,4-11,16-21H2,1-3H3. The van der Waals surface area contributed by atoms with Gasteiger partial charge in [0.05, 0.1) is 4.91 Å². The van der Waals surface area contributed by atoms with Gasteiger partial charge in [0.1, 0.15) is 27.6 Å². The molecule has 2 saturated heterocycles. The van der Waals surface area contributed by atoms with Crippen molar-refractivity contribution in [2.75, 3.05) is 42.5 Å². The number of nitrogens with zero attached hydrogens (tertiary/aromatic N) is 5. The number of aromatic nitrogens is 1. The van der Waals surface area contributed by atoms with Crippen LogP contribution in [0.5, 0.6) is 0 Å². The highest BCUT2D eigenvalue weighted by atomic mass is 32.2. The molecule has 0 atom stereocenters. The molecule has 1 amide bonds. The Morgan fingerprint density at radius 3 is 2.21 bits per heavy atom. The van der Waals surface area contributed by atoms with E-state index in [1.54, 1.807) is 28.5 Å². The minimum atomic E-state index is -0.294. The molecule has 0 saturated carbocycles. The minimum Gasteiger partial charge on any atom is -0.368 e. The van der Waals surface area contributed by atoms with Gasteiger partial charge in [0.2, 0.25) is 0 Å². The number of hydrogen-bond donors (Lipinski definition) is 0. The maximum absolute atomic E-state index is 13.6. The minimum absolute atomic E-state index is 0.110. The first kappa shape index (κ1) is 32.7. The van der Waals surface area contributed by atoms with E-state index >= 15 is 0 Å². The Kier molecular flexibility index (Phi) is 11.8. The van der Waals surface area contributed by atoms with Gasteiger partial charge in [0, 0.05) is 50.5 Å². The number of anilines is 2. The molecule has 0 radical (unpaired) electrons. The van der Waals surface area contributed by atoms with Gasteiger partial charge in [-0.2, -0.15) is 5.26 Å². The molecular weight excluding hydrogens is 582 g/mol. The van der Waals surface area contributed by atoms with Crippen molar-refractivity contribution in [1.29, 1.82) is 5.26 Å². The highest BCUT2D eigenvalue weighted by Crippen LogP contribution is 2.36. The molecule has 10 heteroatoms. The first-order chi connectivity index (χ1) is 20.8. The Hall–Kier alpha value is -3.16. The molecule has 3 heterocycles. The second-order valence-corrected chi connectivity index (χ2v) is 12.9. The van der Waals surface area contributed by atoms with E-state index in [0.717, 1.165) is 49.2 Å². The normalized spacial score (nSPS) is 16.4. The molecule has 7 nitrogen and oxygen atoms in total. The van der Waals surface area contributed by atoms with Crippen LogP contribution in [-0.4, -0.2) is 52.4 Å². The van der Waals surface area contributed by atoms with Crippen molar-refractivity contribution in [3.63, 3.8) is 0 Å². The van der Waals surface area contributed by atoms with Gasteiger partial charge in [0.25, 0.3) is 11.5 Å². The molecule has 2 aliphatic rings. The second-order valence-electron chi connectivity index (χ2n) is 11.2. The average Bonchev–Trinajstić information content (AvgIpc) is 3.27. The Morgan fingerprint density at radius 2 is 1.56 bits per heavy atom. The van der Waals surface area contributed by atoms with Gasteiger partial charge < -0.3 is 9.80 Å². The Bertz CT molecular complexity index is 1440. The molecule has 0 N–H and O–H groups in total. The number of unbranched alkanes of at least 4 members (excludes halogenated alkanes) is 6. The maximum atomic E-state index is 13.6. The van der Waals surface area contributed by atoms with Crippen LogP contribution in [0.1, 0.15) is 81.9 Å². The lowest BCUT2D eigenvalue weighted by Gasteiger charge is -2.39. The number of carbonyl (C=O) groups excluding carboxylic acids is 1.